The van der Waals surface area contributed by atoms with E-state index >= 15 is 0 Å². The first-order valence-electron chi connectivity index (χ1n) is 16.6. The van der Waals surface area contributed by atoms with Crippen LogP contribution < -0.4 is 20.0 Å². The van der Waals surface area contributed by atoms with Crippen LogP contribution in [0, 0.1) is 0 Å². The molecule has 3 aromatic heterocycles. The van der Waals surface area contributed by atoms with Gasteiger partial charge in [0.15, 0.2) is 17.0 Å². The minimum absolute atomic E-state index is 0.0521. The first-order chi connectivity index (χ1) is 24.0. The van der Waals surface area contributed by atoms with Crippen LogP contribution in [0.2, 0.25) is 0 Å². The molecule has 13 nitrogen and oxygen atoms in total. The third-order valence-corrected chi connectivity index (χ3v) is 10.4. The van der Waals surface area contributed by atoms with Crippen molar-refractivity contribution in [1.82, 2.24) is 15.0 Å². The number of rotatable bonds is 9. The smallest absolute Gasteiger partial charge is 0.451 e. The van der Waals surface area contributed by atoms with E-state index in [9.17, 15) is 23.1 Å². The largest absolute Gasteiger partial charge is 0.480 e. The molecule has 3 fully saturated rings. The molecule has 3 aliphatic rings. The van der Waals surface area contributed by atoms with Crippen molar-refractivity contribution in [1.29, 1.82) is 0 Å². The van der Waals surface area contributed by atoms with Gasteiger partial charge in [-0.2, -0.15) is 13.2 Å². The monoisotopic (exact) mass is 713 g/mol. The van der Waals surface area contributed by atoms with E-state index in [-0.39, 0.29) is 41.8 Å². The highest BCUT2D eigenvalue weighted by molar-refractivity contribution is 6.47. The molecule has 6 heterocycles. The number of para-hydroxylation sites is 1. The van der Waals surface area contributed by atoms with Crippen LogP contribution in [0.25, 0.3) is 22.1 Å². The average Bonchev–Trinajstić information content (AvgIpc) is 3.64. The average molecular weight is 714 g/mol. The molecule has 271 valence electrons. The Morgan fingerprint density at radius 3 is 2.55 bits per heavy atom. The molecule has 1 aromatic carbocycles. The molecule has 17 heteroatoms. The summed E-state index contributed by atoms with van der Waals surface area (Å²) in [6.07, 6.45) is -4.24. The Bertz CT molecular complexity index is 1960. The third kappa shape index (κ3) is 6.34. The van der Waals surface area contributed by atoms with E-state index in [1.807, 2.05) is 26.8 Å². The third-order valence-electron chi connectivity index (χ3n) is 10.4. The maximum Gasteiger partial charge on any atom is 0.451 e. The van der Waals surface area contributed by atoms with E-state index < -0.39 is 46.9 Å². The fourth-order valence-electron chi connectivity index (χ4n) is 6.49. The molecule has 0 saturated carbocycles. The molecule has 0 bridgehead atoms. The van der Waals surface area contributed by atoms with Crippen LogP contribution in [0.5, 0.6) is 5.88 Å². The van der Waals surface area contributed by atoms with Gasteiger partial charge in [0.25, 0.3) is 0 Å². The second-order valence-corrected chi connectivity index (χ2v) is 14.4. The van der Waals surface area contributed by atoms with Crippen LogP contribution in [0.1, 0.15) is 46.9 Å². The van der Waals surface area contributed by atoms with Gasteiger partial charge in [-0.05, 0) is 44.4 Å². The molecule has 51 heavy (non-hydrogen) atoms. The van der Waals surface area contributed by atoms with Crippen LogP contribution >= 0.6 is 0 Å². The topological polar surface area (TPSA) is 155 Å². The lowest BCUT2D eigenvalue weighted by Crippen LogP contribution is -2.68. The minimum Gasteiger partial charge on any atom is -0.480 e. The number of hydrogen-bond donors (Lipinski definition) is 1. The Morgan fingerprint density at radius 2 is 1.88 bits per heavy atom. The zero-order chi connectivity index (χ0) is 36.5. The van der Waals surface area contributed by atoms with E-state index in [2.05, 4.69) is 19.9 Å². The van der Waals surface area contributed by atoms with Gasteiger partial charge in [-0.25, -0.2) is 19.7 Å². The molecule has 4 aromatic rings. The Kier molecular flexibility index (Phi) is 8.63. The molecular formula is C34H39BF3N5O8+. The zero-order valence-corrected chi connectivity index (χ0v) is 28.8. The lowest BCUT2D eigenvalue weighted by Gasteiger charge is -2.53. The Labute approximate surface area is 291 Å². The van der Waals surface area contributed by atoms with Crippen LogP contribution in [-0.2, 0) is 25.1 Å². The van der Waals surface area contributed by atoms with Gasteiger partial charge >= 0.3 is 19.6 Å². The number of halogens is 3. The van der Waals surface area contributed by atoms with Crippen molar-refractivity contribution in [3.8, 4) is 5.88 Å². The van der Waals surface area contributed by atoms with Gasteiger partial charge in [0.05, 0.1) is 38.1 Å². The van der Waals surface area contributed by atoms with Crippen molar-refractivity contribution in [3.63, 3.8) is 0 Å². The number of aliphatic carboxylic acids is 1. The summed E-state index contributed by atoms with van der Waals surface area (Å²) >= 11 is 0. The van der Waals surface area contributed by atoms with Gasteiger partial charge in [-0.1, -0.05) is 12.1 Å². The molecule has 3 saturated heterocycles. The fourth-order valence-corrected chi connectivity index (χ4v) is 6.49. The summed E-state index contributed by atoms with van der Waals surface area (Å²) < 4.78 is 72.4. The van der Waals surface area contributed by atoms with Crippen LogP contribution in [-0.4, -0.2) is 107 Å². The van der Waals surface area contributed by atoms with E-state index in [0.717, 1.165) is 0 Å². The molecule has 0 amide bonds. The number of aromatic nitrogens is 3. The standard InChI is InChI=1S/C34H38BF3N5O8/c1-18-33(16-47-17-33)48-11-10-42(18)22-12-19(35-51-32(4,5)31(2,3)46)14-39-28(22)49-20-13-23(29(44)45)43(15-20)27-26-25(40-30(41-27)34(36,37)38)21-8-6-7-9-24(21)50-26/h6-9,12,14,18,20,23,46H,10-11,13,15-17H2,1-5H3,(H,44,45)/p+1/t18-,20?,23-/m0/s1. The summed E-state index contributed by atoms with van der Waals surface area (Å²) in [5, 5.41) is 19.1. The summed E-state index contributed by atoms with van der Waals surface area (Å²) in [6, 6.07) is 6.91. The van der Waals surface area contributed by atoms with Crippen LogP contribution in [0.4, 0.5) is 24.7 Å². The number of pyridine rings is 1. The lowest BCUT2D eigenvalue weighted by atomic mass is 9.83. The van der Waals surface area contributed by atoms with E-state index in [0.29, 0.717) is 48.5 Å². The van der Waals surface area contributed by atoms with Crippen molar-refractivity contribution >= 4 is 52.5 Å². The number of nitrogens with zero attached hydrogens (tertiary/aromatic N) is 5. The summed E-state index contributed by atoms with van der Waals surface area (Å²) in [5.41, 5.74) is -0.890. The predicted octanol–water partition coefficient (Wildman–Crippen LogP) is 3.44. The Morgan fingerprint density at radius 1 is 1.14 bits per heavy atom. The van der Waals surface area contributed by atoms with E-state index in [1.54, 1.807) is 51.8 Å². The molecule has 1 radical (unpaired) electrons. The van der Waals surface area contributed by atoms with Gasteiger partial charge in [-0.15, -0.1) is 0 Å². The Balaban J connectivity index is 1.24. The van der Waals surface area contributed by atoms with E-state index in [1.165, 1.54) is 4.90 Å². The number of ether oxygens (including phenoxy) is 3. The highest BCUT2D eigenvalue weighted by Crippen LogP contribution is 2.41. The summed E-state index contributed by atoms with van der Waals surface area (Å²) in [6.45, 7) is 10.8. The fraction of sp³-hybridized carbons (Fsp3) is 0.529. The number of carbonyl (C=O) groups is 1. The van der Waals surface area contributed by atoms with E-state index in [4.69, 9.17) is 28.4 Å². The molecule has 1 unspecified atom stereocenters. The van der Waals surface area contributed by atoms with Gasteiger partial charge < -0.3 is 43.3 Å². The molecule has 7 rings (SSSR count). The van der Waals surface area contributed by atoms with Crippen molar-refractivity contribution in [3.05, 3.63) is 42.4 Å². The highest BCUT2D eigenvalue weighted by atomic mass is 19.4. The van der Waals surface area contributed by atoms with Crippen molar-refractivity contribution in [2.45, 2.75) is 82.2 Å². The zero-order valence-electron chi connectivity index (χ0n) is 28.8. The van der Waals surface area contributed by atoms with Crippen molar-refractivity contribution < 1.29 is 51.5 Å². The maximum atomic E-state index is 14.1. The van der Waals surface area contributed by atoms with Gasteiger partial charge in [0.1, 0.15) is 34.4 Å². The summed E-state index contributed by atoms with van der Waals surface area (Å²) in [4.78, 5) is 28.3. The quantitative estimate of drug-likeness (QED) is 0.200. The van der Waals surface area contributed by atoms with Crippen LogP contribution in [0.15, 0.2) is 40.9 Å². The summed E-state index contributed by atoms with van der Waals surface area (Å²) in [7, 11) is 1.55. The molecule has 1 spiro atoms. The summed E-state index contributed by atoms with van der Waals surface area (Å²) in [5.74, 6) is -2.75. The second kappa shape index (κ2) is 12.5. The lowest BCUT2D eigenvalue weighted by molar-refractivity contribution is -0.228. The number of alkyl halides is 3. The SMILES string of the molecule is C[C@@H]1N(c2cc([B]OC(C)(C)C(C)(C)[OH2+])cnc2OC2C[C@@H](C(=O)O)N(c3nc(C(F)(F)F)nc4c3oc3ccccc34)C2)CCOC12COC2. The number of carboxylic acid groups (broad SMARTS) is 1. The number of furan rings is 1. The van der Waals surface area contributed by atoms with Gasteiger partial charge in [0.2, 0.25) is 11.7 Å². The number of benzene rings is 1. The molecule has 3 atom stereocenters. The number of hydrogen-bond acceptors (Lipinski definition) is 11. The Hall–Kier alpha value is -4.19. The minimum atomic E-state index is -4.90. The van der Waals surface area contributed by atoms with Crippen molar-refractivity contribution in [2.75, 3.05) is 42.7 Å². The highest BCUT2D eigenvalue weighted by Gasteiger charge is 2.51. The normalized spacial score (nSPS) is 22.5. The number of fused-ring (bicyclic) bond motifs is 3. The molecule has 3 aliphatic heterocycles. The first kappa shape index (κ1) is 35.2. The second-order valence-electron chi connectivity index (χ2n) is 14.4. The maximum absolute atomic E-state index is 14.1. The number of anilines is 2. The van der Waals surface area contributed by atoms with Gasteiger partial charge in [-0.3, -0.25) is 0 Å². The van der Waals surface area contributed by atoms with Crippen LogP contribution in [0.3, 0.4) is 0 Å². The van der Waals surface area contributed by atoms with Crippen molar-refractivity contribution in [2.24, 2.45) is 0 Å². The molecule has 0 aliphatic carbocycles. The van der Waals surface area contributed by atoms with Gasteiger partial charge in [0, 0.05) is 38.4 Å². The molecule has 3 N–H and O–H groups in total. The molecular weight excluding hydrogens is 674 g/mol. The number of carboxylic acids is 1. The predicted molar refractivity (Wildman–Crippen MR) is 181 cm³/mol. The first-order valence-corrected chi connectivity index (χ1v) is 16.6. The number of morpholine rings is 1.